The van der Waals surface area contributed by atoms with Crippen molar-refractivity contribution in [3.8, 4) is 11.5 Å². The number of amides is 1. The number of hydrogen-bond acceptors (Lipinski definition) is 6. The van der Waals surface area contributed by atoms with Crippen molar-refractivity contribution in [1.82, 2.24) is 9.29 Å². The first-order chi connectivity index (χ1) is 13.4. The van der Waals surface area contributed by atoms with Gasteiger partial charge in [-0.2, -0.15) is 4.31 Å². The lowest BCUT2D eigenvalue weighted by Crippen LogP contribution is -2.43. The van der Waals surface area contributed by atoms with Gasteiger partial charge in [-0.15, -0.1) is 0 Å². The molecule has 1 atom stereocenters. The van der Waals surface area contributed by atoms with Gasteiger partial charge in [0, 0.05) is 18.8 Å². The summed E-state index contributed by atoms with van der Waals surface area (Å²) in [5.74, 6) is 0.269. The molecule has 1 N–H and O–H groups in total. The predicted molar refractivity (Wildman–Crippen MR) is 104 cm³/mol. The molecular formula is C18H20ClN3O5S. The molecule has 10 heteroatoms. The second-order valence-corrected chi connectivity index (χ2v) is 8.37. The largest absolute Gasteiger partial charge is 0.493 e. The molecule has 2 aromatic rings. The lowest BCUT2D eigenvalue weighted by atomic mass is 10.2. The Morgan fingerprint density at radius 1 is 1.25 bits per heavy atom. The van der Waals surface area contributed by atoms with E-state index >= 15 is 0 Å². The van der Waals surface area contributed by atoms with Crippen LogP contribution in [0.3, 0.4) is 0 Å². The van der Waals surface area contributed by atoms with Crippen molar-refractivity contribution in [2.75, 3.05) is 26.1 Å². The molecular weight excluding hydrogens is 406 g/mol. The van der Waals surface area contributed by atoms with Gasteiger partial charge in [0.25, 0.3) is 0 Å². The molecule has 28 heavy (non-hydrogen) atoms. The highest BCUT2D eigenvalue weighted by Crippen LogP contribution is 2.33. The van der Waals surface area contributed by atoms with E-state index in [1.165, 1.54) is 42.9 Å². The highest BCUT2D eigenvalue weighted by atomic mass is 35.5. The van der Waals surface area contributed by atoms with Crippen molar-refractivity contribution in [3.63, 3.8) is 0 Å². The summed E-state index contributed by atoms with van der Waals surface area (Å²) >= 11 is 5.98. The van der Waals surface area contributed by atoms with Crippen molar-refractivity contribution in [2.45, 2.75) is 23.8 Å². The van der Waals surface area contributed by atoms with Crippen molar-refractivity contribution >= 4 is 33.2 Å². The molecule has 0 bridgehead atoms. The molecule has 0 spiro atoms. The summed E-state index contributed by atoms with van der Waals surface area (Å²) in [5.41, 5.74) is 0.338. The van der Waals surface area contributed by atoms with Gasteiger partial charge in [-0.1, -0.05) is 11.6 Å². The van der Waals surface area contributed by atoms with Gasteiger partial charge in [-0.25, -0.2) is 13.4 Å². The van der Waals surface area contributed by atoms with Gasteiger partial charge in [0.1, 0.15) is 6.04 Å². The number of rotatable bonds is 6. The summed E-state index contributed by atoms with van der Waals surface area (Å²) in [6, 6.07) is 6.74. The number of methoxy groups -OCH3 is 2. The van der Waals surface area contributed by atoms with E-state index in [1.807, 2.05) is 0 Å². The molecule has 1 fully saturated rings. The van der Waals surface area contributed by atoms with Gasteiger partial charge in [0.2, 0.25) is 15.9 Å². The first-order valence-electron chi connectivity index (χ1n) is 8.53. The first-order valence-corrected chi connectivity index (χ1v) is 10.4. The second-order valence-electron chi connectivity index (χ2n) is 6.12. The Morgan fingerprint density at radius 3 is 2.68 bits per heavy atom. The maximum absolute atomic E-state index is 13.1. The molecule has 8 nitrogen and oxygen atoms in total. The van der Waals surface area contributed by atoms with Crippen LogP contribution in [-0.4, -0.2) is 50.4 Å². The monoisotopic (exact) mass is 425 g/mol. The molecule has 1 unspecified atom stereocenters. The van der Waals surface area contributed by atoms with E-state index in [0.29, 0.717) is 30.0 Å². The van der Waals surface area contributed by atoms with E-state index in [-0.39, 0.29) is 16.6 Å². The van der Waals surface area contributed by atoms with Crippen LogP contribution in [0.2, 0.25) is 5.15 Å². The fraction of sp³-hybridized carbons (Fsp3) is 0.333. The number of carbonyl (C=O) groups excluding carboxylic acids is 1. The zero-order valence-electron chi connectivity index (χ0n) is 15.4. The Morgan fingerprint density at radius 2 is 2.00 bits per heavy atom. The van der Waals surface area contributed by atoms with Gasteiger partial charge in [0.05, 0.1) is 24.8 Å². The molecule has 1 aromatic heterocycles. The normalized spacial score (nSPS) is 17.3. The maximum atomic E-state index is 13.1. The number of benzene rings is 1. The van der Waals surface area contributed by atoms with Crippen LogP contribution in [0, 0.1) is 0 Å². The van der Waals surface area contributed by atoms with Gasteiger partial charge >= 0.3 is 0 Å². The third kappa shape index (κ3) is 3.91. The summed E-state index contributed by atoms with van der Waals surface area (Å²) < 4.78 is 37.8. The lowest BCUT2D eigenvalue weighted by molar-refractivity contribution is -0.119. The zero-order valence-corrected chi connectivity index (χ0v) is 17.0. The Kier molecular flexibility index (Phi) is 6.07. The lowest BCUT2D eigenvalue weighted by Gasteiger charge is -2.24. The predicted octanol–water partition coefficient (Wildman–Crippen LogP) is 2.54. The zero-order chi connectivity index (χ0) is 20.3. The van der Waals surface area contributed by atoms with Crippen LogP contribution < -0.4 is 14.8 Å². The Labute approximate surface area is 168 Å². The van der Waals surface area contributed by atoms with Crippen molar-refractivity contribution in [3.05, 3.63) is 41.7 Å². The Balaban J connectivity index is 1.87. The van der Waals surface area contributed by atoms with E-state index < -0.39 is 22.0 Å². The topological polar surface area (TPSA) is 97.8 Å². The number of anilines is 1. The molecule has 1 aromatic carbocycles. The smallest absolute Gasteiger partial charge is 0.243 e. The number of ether oxygens (including phenoxy) is 2. The van der Waals surface area contributed by atoms with Gasteiger partial charge < -0.3 is 14.8 Å². The second kappa shape index (κ2) is 8.34. The van der Waals surface area contributed by atoms with Gasteiger partial charge in [0.15, 0.2) is 16.7 Å². The standard InChI is InChI=1S/C18H20ClN3O5S/c1-26-15-8-7-12(11-16(15)27-2)28(24,25)22-10-4-6-14(22)18(23)21-13-5-3-9-20-17(13)19/h3,5,7-9,11,14H,4,6,10H2,1-2H3,(H,21,23). The third-order valence-corrected chi connectivity index (χ3v) is 6.69. The average Bonchev–Trinajstić information content (AvgIpc) is 3.20. The third-order valence-electron chi connectivity index (χ3n) is 4.48. The van der Waals surface area contributed by atoms with E-state index in [1.54, 1.807) is 12.1 Å². The number of sulfonamides is 1. The van der Waals surface area contributed by atoms with Crippen LogP contribution in [0.1, 0.15) is 12.8 Å². The average molecular weight is 426 g/mol. The summed E-state index contributed by atoms with van der Waals surface area (Å²) in [7, 11) is -1.01. The minimum absolute atomic E-state index is 0.0317. The fourth-order valence-corrected chi connectivity index (χ4v) is 4.94. The van der Waals surface area contributed by atoms with Gasteiger partial charge in [-0.3, -0.25) is 4.79 Å². The summed E-state index contributed by atoms with van der Waals surface area (Å²) in [6.45, 7) is 0.246. The van der Waals surface area contributed by atoms with E-state index in [9.17, 15) is 13.2 Å². The molecule has 0 radical (unpaired) electrons. The van der Waals surface area contributed by atoms with Crippen molar-refractivity contribution < 1.29 is 22.7 Å². The number of halogens is 1. The SMILES string of the molecule is COc1ccc(S(=O)(=O)N2CCCC2C(=O)Nc2cccnc2Cl)cc1OC. The van der Waals surface area contributed by atoms with Crippen LogP contribution in [-0.2, 0) is 14.8 Å². The van der Waals surface area contributed by atoms with E-state index in [2.05, 4.69) is 10.3 Å². The molecule has 1 saturated heterocycles. The maximum Gasteiger partial charge on any atom is 0.243 e. The summed E-state index contributed by atoms with van der Waals surface area (Å²) in [5, 5.41) is 2.80. The minimum Gasteiger partial charge on any atom is -0.493 e. The molecule has 3 rings (SSSR count). The van der Waals surface area contributed by atoms with E-state index in [4.69, 9.17) is 21.1 Å². The number of nitrogens with zero attached hydrogens (tertiary/aromatic N) is 2. The minimum atomic E-state index is -3.90. The van der Waals surface area contributed by atoms with Crippen LogP contribution in [0.4, 0.5) is 5.69 Å². The number of hydrogen-bond donors (Lipinski definition) is 1. The number of pyridine rings is 1. The molecule has 0 saturated carbocycles. The van der Waals surface area contributed by atoms with Crippen LogP contribution in [0.25, 0.3) is 0 Å². The Bertz CT molecular complexity index is 983. The summed E-state index contributed by atoms with van der Waals surface area (Å²) in [4.78, 5) is 16.7. The highest BCUT2D eigenvalue weighted by Gasteiger charge is 2.40. The highest BCUT2D eigenvalue weighted by molar-refractivity contribution is 7.89. The Hall–Kier alpha value is -2.36. The van der Waals surface area contributed by atoms with Crippen LogP contribution in [0.5, 0.6) is 11.5 Å². The molecule has 2 heterocycles. The molecule has 1 aliphatic rings. The van der Waals surface area contributed by atoms with Crippen LogP contribution >= 0.6 is 11.6 Å². The quantitative estimate of drug-likeness (QED) is 0.714. The first kappa shape index (κ1) is 20.4. The molecule has 1 aliphatic heterocycles. The van der Waals surface area contributed by atoms with Crippen molar-refractivity contribution in [2.24, 2.45) is 0 Å². The molecule has 1 amide bonds. The molecule has 0 aliphatic carbocycles. The summed E-state index contributed by atoms with van der Waals surface area (Å²) in [6.07, 6.45) is 2.49. The number of carbonyl (C=O) groups is 1. The fourth-order valence-electron chi connectivity index (χ4n) is 3.10. The van der Waals surface area contributed by atoms with Crippen LogP contribution in [0.15, 0.2) is 41.4 Å². The number of nitrogens with one attached hydrogen (secondary N) is 1. The van der Waals surface area contributed by atoms with Gasteiger partial charge in [-0.05, 0) is 37.1 Å². The molecule has 150 valence electrons. The van der Waals surface area contributed by atoms with Crippen molar-refractivity contribution in [1.29, 1.82) is 0 Å². The van der Waals surface area contributed by atoms with E-state index in [0.717, 1.165) is 0 Å². The number of aromatic nitrogens is 1.